The minimum absolute atomic E-state index is 0.150. The van der Waals surface area contributed by atoms with Crippen LogP contribution in [0.3, 0.4) is 0 Å². The van der Waals surface area contributed by atoms with E-state index in [-0.39, 0.29) is 16.8 Å². The van der Waals surface area contributed by atoms with Gasteiger partial charge in [-0.2, -0.15) is 11.8 Å². The van der Waals surface area contributed by atoms with Gasteiger partial charge in [0.1, 0.15) is 0 Å². The van der Waals surface area contributed by atoms with Crippen LogP contribution in [0.2, 0.25) is 0 Å². The zero-order chi connectivity index (χ0) is 16.8. The summed E-state index contributed by atoms with van der Waals surface area (Å²) in [6, 6.07) is 15.3. The van der Waals surface area contributed by atoms with Crippen molar-refractivity contribution in [3.05, 3.63) is 66.0 Å². The van der Waals surface area contributed by atoms with E-state index in [9.17, 15) is 4.79 Å². The van der Waals surface area contributed by atoms with Gasteiger partial charge in [-0.1, -0.05) is 36.4 Å². The number of carbonyl (C=O) groups is 1. The van der Waals surface area contributed by atoms with Gasteiger partial charge in [0, 0.05) is 17.5 Å². The smallest absolute Gasteiger partial charge is 0.315 e. The van der Waals surface area contributed by atoms with E-state index in [1.54, 1.807) is 6.20 Å². The van der Waals surface area contributed by atoms with Crippen molar-refractivity contribution in [3.63, 3.8) is 0 Å². The molecule has 1 aliphatic heterocycles. The second kappa shape index (κ2) is 7.71. The number of aromatic nitrogens is 1. The molecule has 0 bridgehead atoms. The Morgan fingerprint density at radius 3 is 2.71 bits per heavy atom. The van der Waals surface area contributed by atoms with Gasteiger partial charge in [-0.15, -0.1) is 0 Å². The lowest BCUT2D eigenvalue weighted by molar-refractivity contribution is 0.237. The third-order valence-corrected chi connectivity index (χ3v) is 5.85. The lowest BCUT2D eigenvalue weighted by Gasteiger charge is -2.24. The van der Waals surface area contributed by atoms with Crippen LogP contribution in [0.15, 0.2) is 54.7 Å². The first-order chi connectivity index (χ1) is 11.7. The average molecular weight is 341 g/mol. The Balaban J connectivity index is 1.69. The molecule has 1 saturated heterocycles. The van der Waals surface area contributed by atoms with Gasteiger partial charge >= 0.3 is 6.03 Å². The largest absolute Gasteiger partial charge is 0.337 e. The van der Waals surface area contributed by atoms with Gasteiger partial charge in [-0.3, -0.25) is 4.98 Å². The molecule has 1 aliphatic rings. The Hall–Kier alpha value is -2.01. The first kappa shape index (κ1) is 16.8. The van der Waals surface area contributed by atoms with Crippen LogP contribution in [0.4, 0.5) is 4.79 Å². The van der Waals surface area contributed by atoms with E-state index in [1.807, 2.05) is 60.3 Å². The van der Waals surface area contributed by atoms with Crippen molar-refractivity contribution in [2.45, 2.75) is 30.6 Å². The van der Waals surface area contributed by atoms with Crippen molar-refractivity contribution in [1.29, 1.82) is 0 Å². The van der Waals surface area contributed by atoms with Crippen LogP contribution in [0.5, 0.6) is 0 Å². The zero-order valence-corrected chi connectivity index (χ0v) is 14.7. The molecule has 24 heavy (non-hydrogen) atoms. The van der Waals surface area contributed by atoms with Crippen molar-refractivity contribution >= 4 is 17.8 Å². The molecular formula is C19H23N3OS. The van der Waals surface area contributed by atoms with E-state index >= 15 is 0 Å². The molecule has 2 N–H and O–H groups in total. The molecule has 5 heteroatoms. The fourth-order valence-electron chi connectivity index (χ4n) is 2.95. The van der Waals surface area contributed by atoms with Crippen molar-refractivity contribution in [3.8, 4) is 0 Å². The summed E-state index contributed by atoms with van der Waals surface area (Å²) in [5.41, 5.74) is 1.85. The molecule has 4 nitrogen and oxygen atoms in total. The van der Waals surface area contributed by atoms with Crippen LogP contribution in [0, 0.1) is 0 Å². The number of pyridine rings is 1. The van der Waals surface area contributed by atoms with Gasteiger partial charge in [-0.25, -0.2) is 4.79 Å². The van der Waals surface area contributed by atoms with Crippen molar-refractivity contribution in [2.75, 3.05) is 12.3 Å². The van der Waals surface area contributed by atoms with Crippen molar-refractivity contribution < 1.29 is 4.79 Å². The quantitative estimate of drug-likeness (QED) is 0.871. The van der Waals surface area contributed by atoms with Crippen LogP contribution in [0.1, 0.15) is 37.1 Å². The number of hydrogen-bond acceptors (Lipinski definition) is 3. The summed E-state index contributed by atoms with van der Waals surface area (Å²) < 4.78 is 0.157. The molecule has 1 aromatic carbocycles. The predicted octanol–water partition coefficient (Wildman–Crippen LogP) is 3.76. The molecule has 0 saturated carbocycles. The minimum Gasteiger partial charge on any atom is -0.337 e. The number of amides is 2. The highest BCUT2D eigenvalue weighted by molar-refractivity contribution is 8.00. The summed E-state index contributed by atoms with van der Waals surface area (Å²) in [6.07, 6.45) is 4.13. The summed E-state index contributed by atoms with van der Waals surface area (Å²) >= 11 is 1.94. The number of nitrogens with one attached hydrogen (secondary N) is 2. The molecule has 0 radical (unpaired) electrons. The van der Waals surface area contributed by atoms with Crippen LogP contribution < -0.4 is 10.6 Å². The second-order valence-corrected chi connectivity index (χ2v) is 8.01. The molecule has 2 atom stereocenters. The monoisotopic (exact) mass is 341 g/mol. The molecule has 2 aromatic rings. The van der Waals surface area contributed by atoms with Crippen LogP contribution >= 0.6 is 11.8 Å². The number of carbonyl (C=O) groups excluding carboxylic acids is 1. The van der Waals surface area contributed by atoms with Crippen LogP contribution in [-0.2, 0) is 0 Å². The highest BCUT2D eigenvalue weighted by atomic mass is 32.2. The van der Waals surface area contributed by atoms with Crippen molar-refractivity contribution in [2.24, 2.45) is 0 Å². The maximum absolute atomic E-state index is 12.4. The van der Waals surface area contributed by atoms with E-state index < -0.39 is 0 Å². The van der Waals surface area contributed by atoms with Crippen LogP contribution in [-0.4, -0.2) is 28.1 Å². The number of hydrogen-bond donors (Lipinski definition) is 2. The summed E-state index contributed by atoms with van der Waals surface area (Å²) in [5.74, 6) is 1.18. The Kier molecular flexibility index (Phi) is 5.41. The maximum atomic E-state index is 12.4. The normalized spacial score (nSPS) is 21.2. The molecule has 126 valence electrons. The SMILES string of the molecule is CC1(CNC(=O)NC(c2ccccc2)c2ccccn2)CCCS1. The fourth-order valence-corrected chi connectivity index (χ4v) is 4.19. The summed E-state index contributed by atoms with van der Waals surface area (Å²) in [5, 5.41) is 6.11. The molecule has 2 amide bonds. The first-order valence-corrected chi connectivity index (χ1v) is 9.29. The molecule has 3 rings (SSSR count). The number of benzene rings is 1. The number of thioether (sulfide) groups is 1. The minimum atomic E-state index is -0.253. The van der Waals surface area contributed by atoms with Crippen molar-refractivity contribution in [1.82, 2.24) is 15.6 Å². The van der Waals surface area contributed by atoms with E-state index in [0.717, 1.165) is 17.7 Å². The Labute approximate surface area is 147 Å². The summed E-state index contributed by atoms with van der Waals surface area (Å²) in [4.78, 5) is 16.9. The highest BCUT2D eigenvalue weighted by Gasteiger charge is 2.30. The second-order valence-electron chi connectivity index (χ2n) is 6.33. The lowest BCUT2D eigenvalue weighted by atomic mass is 10.0. The maximum Gasteiger partial charge on any atom is 0.315 e. The van der Waals surface area contributed by atoms with E-state index in [2.05, 4.69) is 22.5 Å². The summed E-state index contributed by atoms with van der Waals surface area (Å²) in [7, 11) is 0. The van der Waals surface area contributed by atoms with E-state index in [0.29, 0.717) is 6.54 Å². The molecule has 0 spiro atoms. The molecule has 1 fully saturated rings. The van der Waals surface area contributed by atoms with Gasteiger partial charge in [0.05, 0.1) is 11.7 Å². The van der Waals surface area contributed by atoms with Gasteiger partial charge in [-0.05, 0) is 43.2 Å². The Morgan fingerprint density at radius 1 is 1.25 bits per heavy atom. The Bertz CT molecular complexity index is 617. The topological polar surface area (TPSA) is 54.0 Å². The number of rotatable bonds is 5. The van der Waals surface area contributed by atoms with Crippen LogP contribution in [0.25, 0.3) is 0 Å². The number of nitrogens with zero attached hydrogens (tertiary/aromatic N) is 1. The average Bonchev–Trinajstić information content (AvgIpc) is 3.06. The third kappa shape index (κ3) is 4.29. The number of urea groups is 1. The highest BCUT2D eigenvalue weighted by Crippen LogP contribution is 2.36. The Morgan fingerprint density at radius 2 is 2.04 bits per heavy atom. The zero-order valence-electron chi connectivity index (χ0n) is 13.9. The predicted molar refractivity (Wildman–Crippen MR) is 99.2 cm³/mol. The van der Waals surface area contributed by atoms with E-state index in [1.165, 1.54) is 12.2 Å². The molecule has 2 unspecified atom stereocenters. The van der Waals surface area contributed by atoms with Gasteiger partial charge in [0.2, 0.25) is 0 Å². The standard InChI is InChI=1S/C19H23N3OS/c1-19(11-7-13-24-19)14-21-18(23)22-17(15-8-3-2-4-9-15)16-10-5-6-12-20-16/h2-6,8-10,12,17H,7,11,13-14H2,1H3,(H2,21,22,23). The fraction of sp³-hybridized carbons (Fsp3) is 0.368. The first-order valence-electron chi connectivity index (χ1n) is 8.30. The molecule has 2 heterocycles. The summed E-state index contributed by atoms with van der Waals surface area (Å²) in [6.45, 7) is 2.91. The molecule has 0 aliphatic carbocycles. The van der Waals surface area contributed by atoms with Gasteiger partial charge in [0.15, 0.2) is 0 Å². The van der Waals surface area contributed by atoms with Gasteiger partial charge < -0.3 is 10.6 Å². The molecular weight excluding hydrogens is 318 g/mol. The third-order valence-electron chi connectivity index (χ3n) is 4.32. The van der Waals surface area contributed by atoms with E-state index in [4.69, 9.17) is 0 Å². The molecule has 1 aromatic heterocycles. The van der Waals surface area contributed by atoms with Gasteiger partial charge in [0.25, 0.3) is 0 Å². The lowest BCUT2D eigenvalue weighted by Crippen LogP contribution is -2.44.